The van der Waals surface area contributed by atoms with E-state index >= 15 is 0 Å². The number of benzene rings is 1. The Morgan fingerprint density at radius 3 is 2.55 bits per heavy atom. The van der Waals surface area contributed by atoms with Gasteiger partial charge in [0, 0.05) is 11.1 Å². The summed E-state index contributed by atoms with van der Waals surface area (Å²) in [5, 5.41) is 9.06. The van der Waals surface area contributed by atoms with Crippen LogP contribution in [0.4, 0.5) is 13.2 Å². The Kier molecular flexibility index (Phi) is 3.80. The van der Waals surface area contributed by atoms with Crippen molar-refractivity contribution in [2.75, 3.05) is 6.26 Å². The van der Waals surface area contributed by atoms with Gasteiger partial charge in [0.2, 0.25) is 0 Å². The first-order valence-electron chi connectivity index (χ1n) is 5.51. The van der Waals surface area contributed by atoms with Crippen molar-refractivity contribution in [1.29, 1.82) is 0 Å². The summed E-state index contributed by atoms with van der Waals surface area (Å²) in [5.74, 6) is -1.19. The average molecular weight is 301 g/mol. The first-order chi connectivity index (χ1) is 9.34. The molecule has 0 bridgehead atoms. The standard InChI is InChI=1S/C13H10F3NO2S/c1-20-11-5-4-8(13(14,15)16)7-10(11)17-6-2-3-9(17)12(18)19/h2-7H,1H3,(H,18,19). The predicted octanol–water partition coefficient (Wildman–Crippen LogP) is 3.92. The molecule has 0 unspecified atom stereocenters. The third kappa shape index (κ3) is 2.67. The highest BCUT2D eigenvalue weighted by molar-refractivity contribution is 7.98. The molecule has 0 saturated carbocycles. The van der Waals surface area contributed by atoms with E-state index in [0.717, 1.165) is 12.1 Å². The van der Waals surface area contributed by atoms with Crippen LogP contribution in [0.3, 0.4) is 0 Å². The van der Waals surface area contributed by atoms with Crippen molar-refractivity contribution in [3.05, 3.63) is 47.8 Å². The smallest absolute Gasteiger partial charge is 0.416 e. The molecule has 2 aromatic rings. The fourth-order valence-electron chi connectivity index (χ4n) is 1.82. The lowest BCUT2D eigenvalue weighted by molar-refractivity contribution is -0.137. The molecule has 1 aromatic carbocycles. The monoisotopic (exact) mass is 301 g/mol. The van der Waals surface area contributed by atoms with E-state index in [1.54, 1.807) is 6.26 Å². The van der Waals surface area contributed by atoms with E-state index in [4.69, 9.17) is 5.11 Å². The van der Waals surface area contributed by atoms with Crippen molar-refractivity contribution in [2.45, 2.75) is 11.1 Å². The van der Waals surface area contributed by atoms with E-state index in [-0.39, 0.29) is 11.4 Å². The van der Waals surface area contributed by atoms with Crippen LogP contribution < -0.4 is 0 Å². The summed E-state index contributed by atoms with van der Waals surface area (Å²) in [7, 11) is 0. The molecule has 0 saturated heterocycles. The molecule has 1 aromatic heterocycles. The number of aromatic nitrogens is 1. The van der Waals surface area contributed by atoms with Crippen LogP contribution in [0.2, 0.25) is 0 Å². The van der Waals surface area contributed by atoms with Crippen molar-refractivity contribution in [3.63, 3.8) is 0 Å². The fourth-order valence-corrected chi connectivity index (χ4v) is 2.39. The first-order valence-corrected chi connectivity index (χ1v) is 6.73. The van der Waals surface area contributed by atoms with Crippen molar-refractivity contribution in [2.24, 2.45) is 0 Å². The number of carboxylic acid groups (broad SMARTS) is 1. The molecule has 1 N–H and O–H groups in total. The minimum Gasteiger partial charge on any atom is -0.477 e. The van der Waals surface area contributed by atoms with E-state index < -0.39 is 17.7 Å². The summed E-state index contributed by atoms with van der Waals surface area (Å²) in [5.41, 5.74) is -0.690. The normalized spacial score (nSPS) is 11.6. The zero-order valence-electron chi connectivity index (χ0n) is 10.3. The summed E-state index contributed by atoms with van der Waals surface area (Å²) >= 11 is 1.25. The second-order valence-electron chi connectivity index (χ2n) is 3.95. The third-order valence-electron chi connectivity index (χ3n) is 2.73. The Bertz CT molecular complexity index is 649. The molecule has 3 nitrogen and oxygen atoms in total. The summed E-state index contributed by atoms with van der Waals surface area (Å²) in [6, 6.07) is 6.10. The Morgan fingerprint density at radius 1 is 1.30 bits per heavy atom. The number of hydrogen-bond acceptors (Lipinski definition) is 2. The van der Waals surface area contributed by atoms with E-state index in [1.165, 1.54) is 40.7 Å². The molecule has 0 fully saturated rings. The number of nitrogens with zero attached hydrogens (tertiary/aromatic N) is 1. The van der Waals surface area contributed by atoms with Crippen LogP contribution in [0.15, 0.2) is 41.4 Å². The lowest BCUT2D eigenvalue weighted by Crippen LogP contribution is -2.10. The number of hydrogen-bond donors (Lipinski definition) is 1. The summed E-state index contributed by atoms with van der Waals surface area (Å²) in [6.07, 6.45) is -1.32. The Hall–Kier alpha value is -1.89. The minimum atomic E-state index is -4.47. The molecule has 0 radical (unpaired) electrons. The molecule has 106 valence electrons. The van der Waals surface area contributed by atoms with Crippen molar-refractivity contribution in [3.8, 4) is 5.69 Å². The molecule has 20 heavy (non-hydrogen) atoms. The van der Waals surface area contributed by atoms with Crippen LogP contribution in [0, 0.1) is 0 Å². The predicted molar refractivity (Wildman–Crippen MR) is 69.5 cm³/mol. The van der Waals surface area contributed by atoms with Gasteiger partial charge in [-0.25, -0.2) is 4.79 Å². The maximum atomic E-state index is 12.8. The van der Waals surface area contributed by atoms with Crippen molar-refractivity contribution < 1.29 is 23.1 Å². The summed E-state index contributed by atoms with van der Waals surface area (Å²) < 4.78 is 39.6. The second kappa shape index (κ2) is 5.24. The largest absolute Gasteiger partial charge is 0.477 e. The molecular weight excluding hydrogens is 291 g/mol. The molecule has 2 rings (SSSR count). The zero-order valence-corrected chi connectivity index (χ0v) is 11.1. The molecule has 0 atom stereocenters. The number of thioether (sulfide) groups is 1. The minimum absolute atomic E-state index is 0.0837. The number of rotatable bonds is 3. The Labute approximate surface area is 117 Å². The van der Waals surface area contributed by atoms with Gasteiger partial charge in [-0.1, -0.05) is 0 Å². The lowest BCUT2D eigenvalue weighted by atomic mass is 10.2. The van der Waals surface area contributed by atoms with E-state index in [2.05, 4.69) is 0 Å². The third-order valence-corrected chi connectivity index (χ3v) is 3.52. The zero-order chi connectivity index (χ0) is 14.9. The van der Waals surface area contributed by atoms with Gasteiger partial charge in [-0.3, -0.25) is 0 Å². The number of carbonyl (C=O) groups is 1. The summed E-state index contributed by atoms with van der Waals surface area (Å²) in [4.78, 5) is 11.7. The van der Waals surface area contributed by atoms with Crippen LogP contribution in [0.1, 0.15) is 16.1 Å². The number of carboxylic acids is 1. The first kappa shape index (κ1) is 14.5. The van der Waals surface area contributed by atoms with E-state index in [1.807, 2.05) is 0 Å². The van der Waals surface area contributed by atoms with Gasteiger partial charge in [0.15, 0.2) is 0 Å². The molecule has 0 amide bonds. The van der Waals surface area contributed by atoms with Gasteiger partial charge in [0.05, 0.1) is 11.3 Å². The molecule has 0 aliphatic heterocycles. The van der Waals surface area contributed by atoms with Crippen LogP contribution in [0.25, 0.3) is 5.69 Å². The van der Waals surface area contributed by atoms with Crippen LogP contribution in [-0.4, -0.2) is 21.9 Å². The maximum Gasteiger partial charge on any atom is 0.416 e. The Morgan fingerprint density at radius 2 is 2.00 bits per heavy atom. The molecule has 0 aliphatic carbocycles. The van der Waals surface area contributed by atoms with Gasteiger partial charge in [-0.05, 0) is 36.6 Å². The van der Waals surface area contributed by atoms with Gasteiger partial charge in [0.1, 0.15) is 5.69 Å². The SMILES string of the molecule is CSc1ccc(C(F)(F)F)cc1-n1cccc1C(=O)O. The maximum absolute atomic E-state index is 12.8. The van der Waals surface area contributed by atoms with Gasteiger partial charge >= 0.3 is 12.1 Å². The van der Waals surface area contributed by atoms with E-state index in [0.29, 0.717) is 4.90 Å². The summed E-state index contributed by atoms with van der Waals surface area (Å²) in [6.45, 7) is 0. The van der Waals surface area contributed by atoms with Gasteiger partial charge in [-0.15, -0.1) is 11.8 Å². The second-order valence-corrected chi connectivity index (χ2v) is 4.80. The van der Waals surface area contributed by atoms with Crippen molar-refractivity contribution >= 4 is 17.7 Å². The van der Waals surface area contributed by atoms with E-state index in [9.17, 15) is 18.0 Å². The average Bonchev–Trinajstić information content (AvgIpc) is 2.86. The van der Waals surface area contributed by atoms with Crippen LogP contribution in [0.5, 0.6) is 0 Å². The fraction of sp³-hybridized carbons (Fsp3) is 0.154. The quantitative estimate of drug-likeness (QED) is 0.874. The van der Waals surface area contributed by atoms with Gasteiger partial charge in [0.25, 0.3) is 0 Å². The topological polar surface area (TPSA) is 42.2 Å². The highest BCUT2D eigenvalue weighted by Crippen LogP contribution is 2.34. The lowest BCUT2D eigenvalue weighted by Gasteiger charge is -2.14. The molecular formula is C13H10F3NO2S. The van der Waals surface area contributed by atoms with Crippen molar-refractivity contribution in [1.82, 2.24) is 4.57 Å². The van der Waals surface area contributed by atoms with Crippen LogP contribution in [-0.2, 0) is 6.18 Å². The molecule has 0 spiro atoms. The molecule has 0 aliphatic rings. The van der Waals surface area contributed by atoms with Gasteiger partial charge in [-0.2, -0.15) is 13.2 Å². The molecule has 7 heteroatoms. The van der Waals surface area contributed by atoms with Crippen LogP contribution >= 0.6 is 11.8 Å². The number of alkyl halides is 3. The van der Waals surface area contributed by atoms with Gasteiger partial charge < -0.3 is 9.67 Å². The Balaban J connectivity index is 2.65. The number of halogens is 3. The number of aromatic carboxylic acids is 1. The highest BCUT2D eigenvalue weighted by atomic mass is 32.2. The highest BCUT2D eigenvalue weighted by Gasteiger charge is 2.31. The molecule has 1 heterocycles.